The number of hydrogen-bond donors (Lipinski definition) is 3. The van der Waals surface area contributed by atoms with Crippen molar-refractivity contribution < 1.29 is 4.74 Å². The van der Waals surface area contributed by atoms with Gasteiger partial charge in [-0.05, 0) is 103 Å². The van der Waals surface area contributed by atoms with E-state index in [1.54, 1.807) is 0 Å². The second-order valence-electron chi connectivity index (χ2n) is 13.8. The molecule has 0 radical (unpaired) electrons. The van der Waals surface area contributed by atoms with Gasteiger partial charge in [-0.25, -0.2) is 0 Å². The maximum Gasteiger partial charge on any atom is 0.122 e. The molecular weight excluding hydrogens is 466 g/mol. The van der Waals surface area contributed by atoms with Gasteiger partial charge in [0.25, 0.3) is 0 Å². The lowest BCUT2D eigenvalue weighted by Gasteiger charge is -2.39. The summed E-state index contributed by atoms with van der Waals surface area (Å²) >= 11 is 0. The predicted octanol–water partition coefficient (Wildman–Crippen LogP) is 7.13. The minimum Gasteiger partial charge on any atom is -0.492 e. The van der Waals surface area contributed by atoms with Crippen LogP contribution in [0.15, 0.2) is 54.6 Å². The van der Waals surface area contributed by atoms with Gasteiger partial charge >= 0.3 is 0 Å². The standard InChI is InChI=1S/C34H55N3O/c1-32(2,3)36-26-30-19-12-11-17-28(30)23-33(4,5)35-21-22-38-31-20-14-13-18-29(31)24-34(6,7)37-25-27-15-9-8-10-16-27/h8-10,13-16,18,20,28,30,35-37H,11-12,17,19,21-26H2,1-7H3. The van der Waals surface area contributed by atoms with Crippen molar-refractivity contribution in [3.8, 4) is 5.75 Å². The van der Waals surface area contributed by atoms with Gasteiger partial charge in [-0.15, -0.1) is 0 Å². The minimum absolute atomic E-state index is 0.0338. The van der Waals surface area contributed by atoms with E-state index < -0.39 is 0 Å². The molecule has 3 N–H and O–H groups in total. The summed E-state index contributed by atoms with van der Waals surface area (Å²) in [5.41, 5.74) is 2.83. The SMILES string of the molecule is CC(C)(C)NCC1CCCCC1CC(C)(C)NCCOc1ccccc1CC(C)(C)NCc1ccccc1. The van der Waals surface area contributed by atoms with Gasteiger partial charge in [0.1, 0.15) is 12.4 Å². The van der Waals surface area contributed by atoms with Gasteiger partial charge in [0.2, 0.25) is 0 Å². The van der Waals surface area contributed by atoms with Crippen molar-refractivity contribution in [3.63, 3.8) is 0 Å². The second-order valence-corrected chi connectivity index (χ2v) is 13.8. The average Bonchev–Trinajstić information content (AvgIpc) is 2.86. The lowest BCUT2D eigenvalue weighted by Crippen LogP contribution is -2.46. The van der Waals surface area contributed by atoms with Crippen LogP contribution in [-0.4, -0.2) is 36.3 Å². The van der Waals surface area contributed by atoms with E-state index in [0.29, 0.717) is 6.61 Å². The van der Waals surface area contributed by atoms with Gasteiger partial charge in [-0.1, -0.05) is 67.8 Å². The Morgan fingerprint density at radius 1 is 0.737 bits per heavy atom. The molecule has 4 heteroatoms. The van der Waals surface area contributed by atoms with Gasteiger partial charge in [0.05, 0.1) is 0 Å². The van der Waals surface area contributed by atoms with Crippen molar-refractivity contribution in [3.05, 3.63) is 65.7 Å². The fourth-order valence-corrected chi connectivity index (χ4v) is 5.80. The molecule has 212 valence electrons. The summed E-state index contributed by atoms with van der Waals surface area (Å²) in [4.78, 5) is 0. The first-order valence-corrected chi connectivity index (χ1v) is 14.9. The van der Waals surface area contributed by atoms with Crippen molar-refractivity contribution in [2.45, 2.75) is 110 Å². The molecule has 0 saturated heterocycles. The third kappa shape index (κ3) is 11.1. The molecular formula is C34H55N3O. The zero-order valence-electron chi connectivity index (χ0n) is 25.3. The van der Waals surface area contributed by atoms with Crippen LogP contribution >= 0.6 is 0 Å². The topological polar surface area (TPSA) is 45.3 Å². The molecule has 0 aromatic heterocycles. The molecule has 0 spiro atoms. The molecule has 1 aliphatic carbocycles. The lowest BCUT2D eigenvalue weighted by molar-refractivity contribution is 0.161. The molecule has 0 bridgehead atoms. The number of para-hydroxylation sites is 1. The van der Waals surface area contributed by atoms with E-state index in [0.717, 1.165) is 43.6 Å². The van der Waals surface area contributed by atoms with Gasteiger partial charge in [-0.2, -0.15) is 0 Å². The van der Waals surface area contributed by atoms with Crippen molar-refractivity contribution in [2.24, 2.45) is 11.8 Å². The van der Waals surface area contributed by atoms with Crippen LogP contribution in [0.1, 0.15) is 91.7 Å². The summed E-state index contributed by atoms with van der Waals surface area (Å²) in [6, 6.07) is 19.1. The van der Waals surface area contributed by atoms with E-state index in [1.165, 1.54) is 43.2 Å². The highest BCUT2D eigenvalue weighted by molar-refractivity contribution is 5.34. The molecule has 2 unspecified atom stereocenters. The highest BCUT2D eigenvalue weighted by atomic mass is 16.5. The van der Waals surface area contributed by atoms with Crippen molar-refractivity contribution in [2.75, 3.05) is 19.7 Å². The van der Waals surface area contributed by atoms with E-state index in [9.17, 15) is 0 Å². The zero-order chi connectivity index (χ0) is 27.7. The van der Waals surface area contributed by atoms with E-state index in [1.807, 2.05) is 0 Å². The predicted molar refractivity (Wildman–Crippen MR) is 163 cm³/mol. The molecule has 38 heavy (non-hydrogen) atoms. The van der Waals surface area contributed by atoms with Crippen LogP contribution < -0.4 is 20.7 Å². The Morgan fingerprint density at radius 3 is 2.11 bits per heavy atom. The Kier molecular flexibility index (Phi) is 11.3. The summed E-state index contributed by atoms with van der Waals surface area (Å²) in [7, 11) is 0. The van der Waals surface area contributed by atoms with Gasteiger partial charge in [-0.3, -0.25) is 0 Å². The number of hydrogen-bond acceptors (Lipinski definition) is 4. The zero-order valence-corrected chi connectivity index (χ0v) is 25.3. The third-order valence-electron chi connectivity index (χ3n) is 7.92. The third-order valence-corrected chi connectivity index (χ3v) is 7.92. The summed E-state index contributed by atoms with van der Waals surface area (Å²) in [6.45, 7) is 19.6. The number of benzene rings is 2. The second kappa shape index (κ2) is 14.0. The van der Waals surface area contributed by atoms with Crippen LogP contribution in [0.4, 0.5) is 0 Å². The molecule has 0 amide bonds. The van der Waals surface area contributed by atoms with Crippen LogP contribution in [0.3, 0.4) is 0 Å². The van der Waals surface area contributed by atoms with Crippen LogP contribution in [0.5, 0.6) is 5.75 Å². The van der Waals surface area contributed by atoms with Crippen LogP contribution in [0.25, 0.3) is 0 Å². The lowest BCUT2D eigenvalue weighted by atomic mass is 9.73. The molecule has 1 aliphatic rings. The molecule has 0 heterocycles. The van der Waals surface area contributed by atoms with E-state index >= 15 is 0 Å². The highest BCUT2D eigenvalue weighted by Crippen LogP contribution is 2.35. The van der Waals surface area contributed by atoms with Crippen molar-refractivity contribution in [1.29, 1.82) is 0 Å². The van der Waals surface area contributed by atoms with Gasteiger partial charge in [0.15, 0.2) is 0 Å². The first kappa shape index (κ1) is 30.7. The average molecular weight is 522 g/mol. The molecule has 3 rings (SSSR count). The maximum absolute atomic E-state index is 6.33. The van der Waals surface area contributed by atoms with Crippen LogP contribution in [-0.2, 0) is 13.0 Å². The Balaban J connectivity index is 1.46. The van der Waals surface area contributed by atoms with Crippen LogP contribution in [0.2, 0.25) is 0 Å². The maximum atomic E-state index is 6.33. The molecule has 0 aliphatic heterocycles. The summed E-state index contributed by atoms with van der Waals surface area (Å²) in [5, 5.41) is 11.3. The van der Waals surface area contributed by atoms with Crippen molar-refractivity contribution in [1.82, 2.24) is 16.0 Å². The van der Waals surface area contributed by atoms with E-state index in [-0.39, 0.29) is 16.6 Å². The summed E-state index contributed by atoms with van der Waals surface area (Å²) in [5.74, 6) is 2.57. The Labute approximate surface area is 233 Å². The quantitative estimate of drug-likeness (QED) is 0.231. The summed E-state index contributed by atoms with van der Waals surface area (Å²) in [6.07, 6.45) is 7.62. The molecule has 1 fully saturated rings. The number of nitrogens with one attached hydrogen (secondary N) is 3. The number of ether oxygens (including phenoxy) is 1. The number of rotatable bonds is 14. The van der Waals surface area contributed by atoms with Gasteiger partial charge < -0.3 is 20.7 Å². The highest BCUT2D eigenvalue weighted by Gasteiger charge is 2.31. The van der Waals surface area contributed by atoms with E-state index in [2.05, 4.69) is 119 Å². The summed E-state index contributed by atoms with van der Waals surface area (Å²) < 4.78 is 6.33. The largest absolute Gasteiger partial charge is 0.492 e. The molecule has 2 aromatic rings. The minimum atomic E-state index is -0.0338. The van der Waals surface area contributed by atoms with E-state index in [4.69, 9.17) is 4.74 Å². The molecule has 4 nitrogen and oxygen atoms in total. The molecule has 1 saturated carbocycles. The Hall–Kier alpha value is -1.88. The first-order chi connectivity index (χ1) is 17.9. The van der Waals surface area contributed by atoms with Crippen LogP contribution in [0, 0.1) is 11.8 Å². The molecule has 2 atom stereocenters. The fraction of sp³-hybridized carbons (Fsp3) is 0.647. The normalized spacial score (nSPS) is 18.9. The Morgan fingerprint density at radius 2 is 1.39 bits per heavy atom. The Bertz CT molecular complexity index is 948. The monoisotopic (exact) mass is 521 g/mol. The molecule has 2 aromatic carbocycles. The smallest absolute Gasteiger partial charge is 0.122 e. The fourth-order valence-electron chi connectivity index (χ4n) is 5.80. The van der Waals surface area contributed by atoms with Gasteiger partial charge in [0, 0.05) is 29.7 Å². The van der Waals surface area contributed by atoms with Crippen molar-refractivity contribution >= 4 is 0 Å². The first-order valence-electron chi connectivity index (χ1n) is 14.9.